The third-order valence-corrected chi connectivity index (χ3v) is 9.33. The van der Waals surface area contributed by atoms with Gasteiger partial charge in [0.05, 0.1) is 23.4 Å². The van der Waals surface area contributed by atoms with Crippen molar-refractivity contribution in [3.05, 3.63) is 99.2 Å². The summed E-state index contributed by atoms with van der Waals surface area (Å²) in [7, 11) is 0. The third kappa shape index (κ3) is 6.58. The van der Waals surface area contributed by atoms with Crippen molar-refractivity contribution in [1.82, 2.24) is 14.3 Å². The van der Waals surface area contributed by atoms with E-state index in [1.807, 2.05) is 44.2 Å². The zero-order chi connectivity index (χ0) is 31.6. The van der Waals surface area contributed by atoms with Gasteiger partial charge in [-0.15, -0.1) is 0 Å². The number of ether oxygens (including phenoxy) is 3. The minimum absolute atomic E-state index is 0.0723. The molecule has 0 aliphatic carbocycles. The van der Waals surface area contributed by atoms with Gasteiger partial charge in [-0.1, -0.05) is 43.1 Å². The van der Waals surface area contributed by atoms with Gasteiger partial charge in [-0.3, -0.25) is 0 Å². The van der Waals surface area contributed by atoms with Crippen LogP contribution in [0, 0.1) is 0 Å². The van der Waals surface area contributed by atoms with Crippen LogP contribution >= 0.6 is 23.2 Å². The Kier molecular flexibility index (Phi) is 9.42. The van der Waals surface area contributed by atoms with E-state index in [0.717, 1.165) is 61.0 Å². The molecule has 0 bridgehead atoms. The van der Waals surface area contributed by atoms with Crippen molar-refractivity contribution in [3.8, 4) is 11.4 Å². The summed E-state index contributed by atoms with van der Waals surface area (Å²) in [4.78, 5) is 17.5. The molecule has 0 radical (unpaired) electrons. The molecule has 0 amide bonds. The van der Waals surface area contributed by atoms with Gasteiger partial charge in [0, 0.05) is 54.6 Å². The van der Waals surface area contributed by atoms with E-state index in [0.29, 0.717) is 29.7 Å². The summed E-state index contributed by atoms with van der Waals surface area (Å²) in [6, 6.07) is 21.8. The van der Waals surface area contributed by atoms with Crippen molar-refractivity contribution in [1.29, 1.82) is 0 Å². The summed E-state index contributed by atoms with van der Waals surface area (Å²) in [5.74, 6) is -0.117. The van der Waals surface area contributed by atoms with E-state index in [1.165, 1.54) is 0 Å². The minimum atomic E-state index is -0.902. The number of anilines is 2. The Balaban J connectivity index is 0.998. The molecule has 3 heterocycles. The van der Waals surface area contributed by atoms with Crippen LogP contribution in [-0.4, -0.2) is 59.8 Å². The molecule has 2 aliphatic heterocycles. The molecule has 0 spiro atoms. The maximum absolute atomic E-state index is 12.8. The molecule has 2 aliphatic rings. The van der Waals surface area contributed by atoms with E-state index < -0.39 is 5.79 Å². The van der Waals surface area contributed by atoms with E-state index in [9.17, 15) is 4.79 Å². The lowest BCUT2D eigenvalue weighted by Crippen LogP contribution is -2.46. The molecule has 3 atom stereocenters. The van der Waals surface area contributed by atoms with E-state index in [2.05, 4.69) is 46.1 Å². The number of aromatic nitrogens is 3. The lowest BCUT2D eigenvalue weighted by Gasteiger charge is -2.37. The highest BCUT2D eigenvalue weighted by atomic mass is 35.5. The predicted octanol–water partition coefficient (Wildman–Crippen LogP) is 6.70. The highest BCUT2D eigenvalue weighted by molar-refractivity contribution is 6.35. The lowest BCUT2D eigenvalue weighted by atomic mass is 10.0. The topological polar surface area (TPSA) is 74.0 Å². The van der Waals surface area contributed by atoms with Gasteiger partial charge >= 0.3 is 5.69 Å². The Labute approximate surface area is 273 Å². The van der Waals surface area contributed by atoms with Crippen LogP contribution < -0.4 is 20.2 Å². The fourth-order valence-electron chi connectivity index (χ4n) is 5.92. The van der Waals surface area contributed by atoms with Crippen molar-refractivity contribution in [2.45, 2.75) is 51.5 Å². The van der Waals surface area contributed by atoms with Crippen LogP contribution in [-0.2, 0) is 15.3 Å². The number of halogens is 2. The SMILES string of the molecule is CCC(C)n1ncn(-c2ccc(N3CCN(c4ccc(OC[C@@H]5CO[C@@](CC)(c6ccc(Cl)cc6Cl)O5)cc4)CC3)cc2)c1=O. The standard InChI is InChI=1S/C34H39Cl2N5O4/c1-4-24(3)41-33(42)40(23-37-41)28-9-7-26(8-10-28)38-16-18-39(19-17-38)27-11-13-29(14-12-27)43-21-30-22-44-34(5-2,45-30)31-15-6-25(35)20-32(31)36/h6-15,20,23-24,30H,4-5,16-19,21-22H2,1-3H3/t24?,30-,34-/m1/s1. The third-order valence-electron chi connectivity index (χ3n) is 8.78. The first kappa shape index (κ1) is 31.5. The first-order chi connectivity index (χ1) is 21.8. The van der Waals surface area contributed by atoms with Gasteiger partial charge in [-0.05, 0) is 74.0 Å². The molecule has 1 aromatic heterocycles. The van der Waals surface area contributed by atoms with Crippen LogP contribution in [0.2, 0.25) is 10.0 Å². The van der Waals surface area contributed by atoms with E-state index in [1.54, 1.807) is 27.7 Å². The summed E-state index contributed by atoms with van der Waals surface area (Å²) in [6.07, 6.45) is 2.85. The zero-order valence-corrected chi connectivity index (χ0v) is 27.4. The minimum Gasteiger partial charge on any atom is -0.491 e. The molecule has 11 heteroatoms. The fraction of sp³-hybridized carbons (Fsp3) is 0.412. The van der Waals surface area contributed by atoms with Crippen molar-refractivity contribution in [3.63, 3.8) is 0 Å². The second-order valence-corrected chi connectivity index (χ2v) is 12.4. The van der Waals surface area contributed by atoms with Gasteiger partial charge in [0.2, 0.25) is 0 Å². The molecule has 2 fully saturated rings. The number of benzene rings is 3. The lowest BCUT2D eigenvalue weighted by molar-refractivity contribution is -0.181. The summed E-state index contributed by atoms with van der Waals surface area (Å²) < 4.78 is 21.7. The quantitative estimate of drug-likeness (QED) is 0.189. The van der Waals surface area contributed by atoms with Gasteiger partial charge in [-0.2, -0.15) is 5.10 Å². The molecule has 6 rings (SSSR count). The molecule has 0 saturated carbocycles. The molecule has 3 aromatic carbocycles. The summed E-state index contributed by atoms with van der Waals surface area (Å²) in [5, 5.41) is 5.40. The number of nitrogens with zero attached hydrogens (tertiary/aromatic N) is 5. The highest BCUT2D eigenvalue weighted by Gasteiger charge is 2.43. The second kappa shape index (κ2) is 13.5. The number of hydrogen-bond donors (Lipinski definition) is 0. The van der Waals surface area contributed by atoms with Crippen LogP contribution in [0.15, 0.2) is 77.9 Å². The van der Waals surface area contributed by atoms with Gasteiger partial charge in [0.15, 0.2) is 5.79 Å². The van der Waals surface area contributed by atoms with Gasteiger partial charge in [0.25, 0.3) is 0 Å². The van der Waals surface area contributed by atoms with Crippen LogP contribution in [0.1, 0.15) is 45.2 Å². The van der Waals surface area contributed by atoms with Gasteiger partial charge in [0.1, 0.15) is 24.8 Å². The Morgan fingerprint density at radius 3 is 2.16 bits per heavy atom. The molecular formula is C34H39Cl2N5O4. The molecule has 1 unspecified atom stereocenters. The van der Waals surface area contributed by atoms with Gasteiger partial charge < -0.3 is 24.0 Å². The summed E-state index contributed by atoms with van der Waals surface area (Å²) in [6.45, 7) is 10.5. The first-order valence-electron chi connectivity index (χ1n) is 15.6. The van der Waals surface area contributed by atoms with Gasteiger partial charge in [-0.25, -0.2) is 14.0 Å². The fourth-order valence-corrected chi connectivity index (χ4v) is 6.47. The largest absolute Gasteiger partial charge is 0.491 e. The number of hydrogen-bond acceptors (Lipinski definition) is 7. The van der Waals surface area contributed by atoms with Crippen LogP contribution in [0.3, 0.4) is 0 Å². The smallest absolute Gasteiger partial charge is 0.350 e. The maximum atomic E-state index is 12.8. The Morgan fingerprint density at radius 2 is 1.56 bits per heavy atom. The Bertz CT molecular complexity index is 1650. The average molecular weight is 653 g/mol. The van der Waals surface area contributed by atoms with E-state index in [-0.39, 0.29) is 17.8 Å². The molecular weight excluding hydrogens is 613 g/mol. The van der Waals surface area contributed by atoms with Crippen molar-refractivity contribution < 1.29 is 14.2 Å². The van der Waals surface area contributed by atoms with Crippen LogP contribution in [0.25, 0.3) is 5.69 Å². The maximum Gasteiger partial charge on any atom is 0.350 e. The number of piperazine rings is 1. The second-order valence-electron chi connectivity index (χ2n) is 11.6. The molecule has 45 heavy (non-hydrogen) atoms. The first-order valence-corrected chi connectivity index (χ1v) is 16.3. The molecule has 2 saturated heterocycles. The molecule has 9 nitrogen and oxygen atoms in total. The summed E-state index contributed by atoms with van der Waals surface area (Å²) >= 11 is 12.6. The van der Waals surface area contributed by atoms with Crippen molar-refractivity contribution in [2.24, 2.45) is 0 Å². The molecule has 0 N–H and O–H groups in total. The Morgan fingerprint density at radius 1 is 0.933 bits per heavy atom. The number of rotatable bonds is 10. The molecule has 4 aromatic rings. The average Bonchev–Trinajstić information content (AvgIpc) is 3.68. The Hall–Kier alpha value is -3.50. The van der Waals surface area contributed by atoms with E-state index >= 15 is 0 Å². The van der Waals surface area contributed by atoms with Crippen molar-refractivity contribution in [2.75, 3.05) is 49.2 Å². The zero-order valence-electron chi connectivity index (χ0n) is 25.9. The summed E-state index contributed by atoms with van der Waals surface area (Å²) in [5.41, 5.74) is 3.80. The molecule has 238 valence electrons. The van der Waals surface area contributed by atoms with Crippen LogP contribution in [0.4, 0.5) is 11.4 Å². The monoisotopic (exact) mass is 651 g/mol. The van der Waals surface area contributed by atoms with Crippen molar-refractivity contribution >= 4 is 34.6 Å². The van der Waals surface area contributed by atoms with E-state index in [4.69, 9.17) is 37.4 Å². The van der Waals surface area contributed by atoms with Crippen LogP contribution in [0.5, 0.6) is 5.75 Å². The predicted molar refractivity (Wildman–Crippen MR) is 178 cm³/mol. The normalized spacial score (nSPS) is 20.9. The highest BCUT2D eigenvalue weighted by Crippen LogP contribution is 2.41.